The molecule has 5 nitrogen and oxygen atoms in total. The second-order valence-electron chi connectivity index (χ2n) is 4.46. The fourth-order valence-electron chi connectivity index (χ4n) is 1.85. The van der Waals surface area contributed by atoms with E-state index in [0.29, 0.717) is 11.1 Å². The number of nitrogens with zero attached hydrogens (tertiary/aromatic N) is 1. The SMILES string of the molecule is Cc1cc(C(=O)OCc2cccc(F)c2)ccc1[N+](=O)[O-]. The maximum absolute atomic E-state index is 13.0. The highest BCUT2D eigenvalue weighted by Gasteiger charge is 2.14. The Balaban J connectivity index is 2.07. The Morgan fingerprint density at radius 2 is 2.05 bits per heavy atom. The van der Waals surface area contributed by atoms with E-state index in [1.54, 1.807) is 13.0 Å². The van der Waals surface area contributed by atoms with E-state index >= 15 is 0 Å². The van der Waals surface area contributed by atoms with Crippen LogP contribution in [0.1, 0.15) is 21.5 Å². The number of ether oxygens (including phenoxy) is 1. The molecule has 0 aliphatic rings. The molecule has 0 aliphatic heterocycles. The molecule has 0 spiro atoms. The number of esters is 1. The van der Waals surface area contributed by atoms with E-state index in [-0.39, 0.29) is 17.9 Å². The van der Waals surface area contributed by atoms with Crippen molar-refractivity contribution >= 4 is 11.7 Å². The van der Waals surface area contributed by atoms with Crippen molar-refractivity contribution in [3.8, 4) is 0 Å². The molecule has 2 aromatic rings. The second-order valence-corrected chi connectivity index (χ2v) is 4.46. The number of carbonyl (C=O) groups is 1. The van der Waals surface area contributed by atoms with E-state index < -0.39 is 16.7 Å². The number of hydrogen-bond acceptors (Lipinski definition) is 4. The third-order valence-corrected chi connectivity index (χ3v) is 2.89. The molecule has 0 bridgehead atoms. The lowest BCUT2D eigenvalue weighted by atomic mass is 10.1. The lowest BCUT2D eigenvalue weighted by Gasteiger charge is -2.06. The van der Waals surface area contributed by atoms with Crippen LogP contribution in [0.4, 0.5) is 10.1 Å². The second kappa shape index (κ2) is 6.13. The number of halogens is 1. The third-order valence-electron chi connectivity index (χ3n) is 2.89. The van der Waals surface area contributed by atoms with Crippen LogP contribution in [0.5, 0.6) is 0 Å². The molecule has 0 saturated heterocycles. The lowest BCUT2D eigenvalue weighted by molar-refractivity contribution is -0.385. The van der Waals surface area contributed by atoms with Gasteiger partial charge in [-0.2, -0.15) is 0 Å². The molecule has 2 aromatic carbocycles. The predicted molar refractivity (Wildman–Crippen MR) is 73.4 cm³/mol. The van der Waals surface area contributed by atoms with Crippen LogP contribution in [0.2, 0.25) is 0 Å². The Hall–Kier alpha value is -2.76. The fraction of sp³-hybridized carbons (Fsp3) is 0.133. The van der Waals surface area contributed by atoms with E-state index in [1.165, 1.54) is 36.4 Å². The first-order chi connectivity index (χ1) is 9.97. The fourth-order valence-corrected chi connectivity index (χ4v) is 1.85. The number of rotatable bonds is 4. The van der Waals surface area contributed by atoms with E-state index in [9.17, 15) is 19.3 Å². The van der Waals surface area contributed by atoms with Crippen LogP contribution in [-0.4, -0.2) is 10.9 Å². The third kappa shape index (κ3) is 3.62. The number of benzene rings is 2. The summed E-state index contributed by atoms with van der Waals surface area (Å²) in [5, 5.41) is 10.7. The Morgan fingerprint density at radius 1 is 1.29 bits per heavy atom. The largest absolute Gasteiger partial charge is 0.457 e. The molecule has 2 rings (SSSR count). The summed E-state index contributed by atoms with van der Waals surface area (Å²) in [7, 11) is 0. The van der Waals surface area contributed by atoms with Gasteiger partial charge in [0.2, 0.25) is 0 Å². The predicted octanol–water partition coefficient (Wildman–Crippen LogP) is 3.40. The van der Waals surface area contributed by atoms with Crippen LogP contribution in [0.15, 0.2) is 42.5 Å². The summed E-state index contributed by atoms with van der Waals surface area (Å²) < 4.78 is 18.0. The average molecular weight is 289 g/mol. The number of nitro groups is 1. The molecule has 0 unspecified atom stereocenters. The average Bonchev–Trinajstić information content (AvgIpc) is 2.44. The van der Waals surface area contributed by atoms with E-state index in [4.69, 9.17) is 4.74 Å². The van der Waals surface area contributed by atoms with Gasteiger partial charge in [-0.25, -0.2) is 9.18 Å². The summed E-state index contributed by atoms with van der Waals surface area (Å²) in [5.41, 5.74) is 1.06. The summed E-state index contributed by atoms with van der Waals surface area (Å²) in [6.07, 6.45) is 0. The molecular formula is C15H12FNO4. The van der Waals surface area contributed by atoms with Gasteiger partial charge in [0.05, 0.1) is 10.5 Å². The van der Waals surface area contributed by atoms with Gasteiger partial charge < -0.3 is 4.74 Å². The Morgan fingerprint density at radius 3 is 2.67 bits per heavy atom. The van der Waals surface area contributed by atoms with Crippen molar-refractivity contribution in [3.63, 3.8) is 0 Å². The molecule has 0 N–H and O–H groups in total. The molecular weight excluding hydrogens is 277 g/mol. The van der Waals surface area contributed by atoms with E-state index in [1.807, 2.05) is 0 Å². The molecule has 0 aromatic heterocycles. The van der Waals surface area contributed by atoms with Gasteiger partial charge >= 0.3 is 5.97 Å². The summed E-state index contributed by atoms with van der Waals surface area (Å²) >= 11 is 0. The molecule has 0 heterocycles. The van der Waals surface area contributed by atoms with E-state index in [0.717, 1.165) is 0 Å². The van der Waals surface area contributed by atoms with Crippen LogP contribution in [0.3, 0.4) is 0 Å². The molecule has 0 aliphatic carbocycles. The minimum Gasteiger partial charge on any atom is -0.457 e. The van der Waals surface area contributed by atoms with Gasteiger partial charge in [-0.05, 0) is 36.8 Å². The maximum atomic E-state index is 13.0. The number of nitro benzene ring substituents is 1. The Kier molecular flexibility index (Phi) is 4.27. The van der Waals surface area contributed by atoms with Crippen LogP contribution in [0.25, 0.3) is 0 Å². The molecule has 0 saturated carbocycles. The molecule has 6 heteroatoms. The minimum atomic E-state index is -0.614. The van der Waals surface area contributed by atoms with Crippen molar-refractivity contribution in [3.05, 3.63) is 75.1 Å². The monoisotopic (exact) mass is 289 g/mol. The van der Waals surface area contributed by atoms with Crippen molar-refractivity contribution in [1.29, 1.82) is 0 Å². The first-order valence-corrected chi connectivity index (χ1v) is 6.14. The van der Waals surface area contributed by atoms with Gasteiger partial charge in [0.1, 0.15) is 12.4 Å². The smallest absolute Gasteiger partial charge is 0.338 e. The Bertz CT molecular complexity index is 700. The van der Waals surface area contributed by atoms with Crippen molar-refractivity contribution in [2.75, 3.05) is 0 Å². The van der Waals surface area contributed by atoms with E-state index in [2.05, 4.69) is 0 Å². The van der Waals surface area contributed by atoms with Crippen molar-refractivity contribution in [2.24, 2.45) is 0 Å². The standard InChI is InChI=1S/C15H12FNO4/c1-10-7-12(5-6-14(10)17(19)20)15(18)21-9-11-3-2-4-13(16)8-11/h2-8H,9H2,1H3. The maximum Gasteiger partial charge on any atom is 0.338 e. The molecule has 0 fully saturated rings. The molecule has 0 amide bonds. The quantitative estimate of drug-likeness (QED) is 0.491. The first kappa shape index (κ1) is 14.6. The van der Waals surface area contributed by atoms with Crippen LogP contribution < -0.4 is 0 Å². The van der Waals surface area contributed by atoms with Crippen LogP contribution in [-0.2, 0) is 11.3 Å². The summed E-state index contributed by atoms with van der Waals surface area (Å²) in [6, 6.07) is 9.71. The summed E-state index contributed by atoms with van der Waals surface area (Å²) in [4.78, 5) is 22.0. The summed E-state index contributed by atoms with van der Waals surface area (Å²) in [6.45, 7) is 1.48. The molecule has 108 valence electrons. The van der Waals surface area contributed by atoms with Crippen molar-refractivity contribution < 1.29 is 18.8 Å². The van der Waals surface area contributed by atoms with Crippen LogP contribution in [0, 0.1) is 22.9 Å². The zero-order valence-corrected chi connectivity index (χ0v) is 11.2. The zero-order chi connectivity index (χ0) is 15.4. The molecule has 0 atom stereocenters. The molecule has 0 radical (unpaired) electrons. The van der Waals surface area contributed by atoms with Gasteiger partial charge in [0, 0.05) is 11.6 Å². The van der Waals surface area contributed by atoms with Gasteiger partial charge in [0.25, 0.3) is 5.69 Å². The normalized spacial score (nSPS) is 10.2. The first-order valence-electron chi connectivity index (χ1n) is 6.14. The highest BCUT2D eigenvalue weighted by atomic mass is 19.1. The Labute approximate surface area is 120 Å². The number of carbonyl (C=O) groups excluding carboxylic acids is 1. The topological polar surface area (TPSA) is 69.4 Å². The van der Waals surface area contributed by atoms with Crippen LogP contribution >= 0.6 is 0 Å². The lowest BCUT2D eigenvalue weighted by Crippen LogP contribution is -2.06. The highest BCUT2D eigenvalue weighted by Crippen LogP contribution is 2.19. The van der Waals surface area contributed by atoms with Crippen molar-refractivity contribution in [2.45, 2.75) is 13.5 Å². The number of hydrogen-bond donors (Lipinski definition) is 0. The molecule has 21 heavy (non-hydrogen) atoms. The van der Waals surface area contributed by atoms with Gasteiger partial charge in [0.15, 0.2) is 0 Å². The van der Waals surface area contributed by atoms with Gasteiger partial charge in [-0.15, -0.1) is 0 Å². The van der Waals surface area contributed by atoms with Crippen molar-refractivity contribution in [1.82, 2.24) is 0 Å². The summed E-state index contributed by atoms with van der Waals surface area (Å²) in [5.74, 6) is -1.02. The highest BCUT2D eigenvalue weighted by molar-refractivity contribution is 5.90. The van der Waals surface area contributed by atoms with Gasteiger partial charge in [-0.3, -0.25) is 10.1 Å². The van der Waals surface area contributed by atoms with Gasteiger partial charge in [-0.1, -0.05) is 12.1 Å². The minimum absolute atomic E-state index is 0.0586. The number of aryl methyl sites for hydroxylation is 1. The zero-order valence-electron chi connectivity index (χ0n) is 11.2.